The smallest absolute Gasteiger partial charge is 0.255 e. The van der Waals surface area contributed by atoms with Gasteiger partial charge in [0, 0.05) is 17.2 Å². The van der Waals surface area contributed by atoms with Crippen LogP contribution in [0.15, 0.2) is 75.9 Å². The van der Waals surface area contributed by atoms with Gasteiger partial charge in [0.15, 0.2) is 5.43 Å². The summed E-state index contributed by atoms with van der Waals surface area (Å²) in [5.74, 6) is 0.104. The molecule has 3 aromatic carbocycles. The highest BCUT2D eigenvalue weighted by Crippen LogP contribution is 2.26. The molecule has 1 aromatic heterocycles. The predicted molar refractivity (Wildman–Crippen MR) is 113 cm³/mol. The maximum Gasteiger partial charge on any atom is 0.255 e. The lowest BCUT2D eigenvalue weighted by atomic mass is 10.1. The van der Waals surface area contributed by atoms with Gasteiger partial charge in [-0.05, 0) is 55.3 Å². The molecule has 1 amide bonds. The molecule has 4 rings (SSSR count). The third-order valence-electron chi connectivity index (χ3n) is 4.74. The number of aromatic hydroxyl groups is 1. The standard InChI is InChI=1S/C24H19NO4/c1-14-11-15(2)23-18(12-14)21(27)13-22(29-23)16-7-9-17(10-8-16)24(28)25-19-5-3-4-6-20(19)26/h3-13,26H,1-2H3,(H,25,28). The summed E-state index contributed by atoms with van der Waals surface area (Å²) in [6.45, 7) is 3.85. The second-order valence-electron chi connectivity index (χ2n) is 6.98. The SMILES string of the molecule is Cc1cc(C)c2oc(-c3ccc(C(=O)Nc4ccccc4O)cc3)cc(=O)c2c1. The average Bonchev–Trinajstić information content (AvgIpc) is 2.70. The second kappa shape index (κ2) is 7.28. The van der Waals surface area contributed by atoms with Crippen molar-refractivity contribution >= 4 is 22.6 Å². The topological polar surface area (TPSA) is 79.5 Å². The Balaban J connectivity index is 1.65. The van der Waals surface area contributed by atoms with E-state index in [1.807, 2.05) is 26.0 Å². The van der Waals surface area contributed by atoms with Crippen molar-refractivity contribution in [1.82, 2.24) is 0 Å². The van der Waals surface area contributed by atoms with Crippen molar-refractivity contribution in [1.29, 1.82) is 0 Å². The lowest BCUT2D eigenvalue weighted by molar-refractivity contribution is 0.102. The summed E-state index contributed by atoms with van der Waals surface area (Å²) >= 11 is 0. The number of phenolic OH excluding ortho intramolecular Hbond substituents is 1. The monoisotopic (exact) mass is 385 g/mol. The van der Waals surface area contributed by atoms with Crippen LogP contribution < -0.4 is 10.7 Å². The van der Waals surface area contributed by atoms with E-state index in [0.717, 1.165) is 11.1 Å². The molecule has 1 heterocycles. The Kier molecular flexibility index (Phi) is 4.64. The molecule has 0 atom stereocenters. The van der Waals surface area contributed by atoms with Crippen molar-refractivity contribution in [2.75, 3.05) is 5.32 Å². The van der Waals surface area contributed by atoms with Crippen molar-refractivity contribution in [2.45, 2.75) is 13.8 Å². The van der Waals surface area contributed by atoms with Gasteiger partial charge < -0.3 is 14.8 Å². The Morgan fingerprint density at radius 2 is 1.69 bits per heavy atom. The van der Waals surface area contributed by atoms with Crippen LogP contribution in [-0.2, 0) is 0 Å². The Morgan fingerprint density at radius 1 is 0.966 bits per heavy atom. The molecule has 0 radical (unpaired) electrons. The van der Waals surface area contributed by atoms with E-state index < -0.39 is 0 Å². The van der Waals surface area contributed by atoms with E-state index in [2.05, 4.69) is 5.32 Å². The molecule has 2 N–H and O–H groups in total. The number of aryl methyl sites for hydroxylation is 2. The quantitative estimate of drug-likeness (QED) is 0.485. The molecule has 0 unspecified atom stereocenters. The molecule has 29 heavy (non-hydrogen) atoms. The van der Waals surface area contributed by atoms with E-state index in [1.165, 1.54) is 12.1 Å². The van der Waals surface area contributed by atoms with E-state index in [1.54, 1.807) is 42.5 Å². The number of fused-ring (bicyclic) bond motifs is 1. The maximum atomic E-state index is 12.5. The molecule has 0 aliphatic rings. The average molecular weight is 385 g/mol. The Hall–Kier alpha value is -3.86. The van der Waals surface area contributed by atoms with Gasteiger partial charge >= 0.3 is 0 Å². The molecular weight excluding hydrogens is 366 g/mol. The molecule has 0 aliphatic heterocycles. The summed E-state index contributed by atoms with van der Waals surface area (Å²) in [7, 11) is 0. The van der Waals surface area contributed by atoms with E-state index in [-0.39, 0.29) is 17.1 Å². The van der Waals surface area contributed by atoms with Gasteiger partial charge in [-0.2, -0.15) is 0 Å². The molecule has 0 saturated carbocycles. The molecule has 4 aromatic rings. The molecule has 5 heteroatoms. The zero-order valence-electron chi connectivity index (χ0n) is 16.0. The van der Waals surface area contributed by atoms with Crippen LogP contribution in [0.5, 0.6) is 5.75 Å². The van der Waals surface area contributed by atoms with Crippen molar-refractivity contribution in [3.05, 3.63) is 93.6 Å². The van der Waals surface area contributed by atoms with Gasteiger partial charge in [0.2, 0.25) is 0 Å². The summed E-state index contributed by atoms with van der Waals surface area (Å²) in [4.78, 5) is 25.0. The maximum absolute atomic E-state index is 12.5. The minimum absolute atomic E-state index is 0.000940. The summed E-state index contributed by atoms with van der Waals surface area (Å²) in [5, 5.41) is 13.0. The van der Waals surface area contributed by atoms with E-state index in [0.29, 0.717) is 33.5 Å². The molecule has 5 nitrogen and oxygen atoms in total. The molecule has 0 saturated heterocycles. The molecule has 144 valence electrons. The van der Waals surface area contributed by atoms with Crippen molar-refractivity contribution < 1.29 is 14.3 Å². The van der Waals surface area contributed by atoms with Crippen LogP contribution >= 0.6 is 0 Å². The lowest BCUT2D eigenvalue weighted by Gasteiger charge is -2.09. The molecule has 0 fully saturated rings. The van der Waals surface area contributed by atoms with Gasteiger partial charge in [-0.15, -0.1) is 0 Å². The van der Waals surface area contributed by atoms with Crippen LogP contribution in [0.1, 0.15) is 21.5 Å². The van der Waals surface area contributed by atoms with Gasteiger partial charge in [0.25, 0.3) is 5.91 Å². The van der Waals surface area contributed by atoms with E-state index in [9.17, 15) is 14.7 Å². The van der Waals surface area contributed by atoms with Gasteiger partial charge in [-0.3, -0.25) is 9.59 Å². The fourth-order valence-electron chi connectivity index (χ4n) is 3.31. The fourth-order valence-corrected chi connectivity index (χ4v) is 3.31. The number of hydrogen-bond acceptors (Lipinski definition) is 4. The molecule has 0 aliphatic carbocycles. The van der Waals surface area contributed by atoms with Crippen LogP contribution in [0.3, 0.4) is 0 Å². The highest BCUT2D eigenvalue weighted by atomic mass is 16.3. The fraction of sp³-hybridized carbons (Fsp3) is 0.0833. The first-order valence-corrected chi connectivity index (χ1v) is 9.17. The summed E-state index contributed by atoms with van der Waals surface area (Å²) < 4.78 is 5.99. The summed E-state index contributed by atoms with van der Waals surface area (Å²) in [6.07, 6.45) is 0. The van der Waals surface area contributed by atoms with E-state index in [4.69, 9.17) is 4.42 Å². The van der Waals surface area contributed by atoms with Gasteiger partial charge in [0.05, 0.1) is 11.1 Å². The second-order valence-corrected chi connectivity index (χ2v) is 6.98. The minimum Gasteiger partial charge on any atom is -0.506 e. The summed E-state index contributed by atoms with van der Waals surface area (Å²) in [5.41, 5.74) is 3.84. The minimum atomic E-state index is -0.343. The number of anilines is 1. The van der Waals surface area contributed by atoms with Crippen molar-refractivity contribution in [2.24, 2.45) is 0 Å². The van der Waals surface area contributed by atoms with Crippen molar-refractivity contribution in [3.8, 4) is 17.1 Å². The Morgan fingerprint density at radius 3 is 2.41 bits per heavy atom. The number of para-hydroxylation sites is 2. The normalized spacial score (nSPS) is 10.8. The van der Waals surface area contributed by atoms with Gasteiger partial charge in [-0.25, -0.2) is 0 Å². The van der Waals surface area contributed by atoms with Crippen LogP contribution in [0.25, 0.3) is 22.3 Å². The number of phenols is 1. The third kappa shape index (κ3) is 3.62. The molecule has 0 spiro atoms. The number of rotatable bonds is 3. The first kappa shape index (κ1) is 18.5. The number of carbonyl (C=O) groups is 1. The first-order chi connectivity index (χ1) is 13.9. The number of amides is 1. The highest BCUT2D eigenvalue weighted by molar-refractivity contribution is 6.05. The number of nitrogens with one attached hydrogen (secondary N) is 1. The number of hydrogen-bond donors (Lipinski definition) is 2. The molecule has 0 bridgehead atoms. The largest absolute Gasteiger partial charge is 0.506 e. The zero-order valence-corrected chi connectivity index (χ0v) is 16.0. The van der Waals surface area contributed by atoms with Gasteiger partial charge in [-0.1, -0.05) is 30.3 Å². The van der Waals surface area contributed by atoms with E-state index >= 15 is 0 Å². The van der Waals surface area contributed by atoms with Gasteiger partial charge in [0.1, 0.15) is 17.1 Å². The zero-order chi connectivity index (χ0) is 20.5. The van der Waals surface area contributed by atoms with Crippen LogP contribution in [0.2, 0.25) is 0 Å². The lowest BCUT2D eigenvalue weighted by Crippen LogP contribution is -2.11. The highest BCUT2D eigenvalue weighted by Gasteiger charge is 2.12. The summed E-state index contributed by atoms with van der Waals surface area (Å²) in [6, 6.07) is 18.6. The number of carbonyl (C=O) groups excluding carboxylic acids is 1. The van der Waals surface area contributed by atoms with Crippen LogP contribution in [0, 0.1) is 13.8 Å². The Labute approximate surface area is 167 Å². The first-order valence-electron chi connectivity index (χ1n) is 9.17. The van der Waals surface area contributed by atoms with Crippen LogP contribution in [0.4, 0.5) is 5.69 Å². The molecular formula is C24H19NO4. The Bertz CT molecular complexity index is 1290. The predicted octanol–water partition coefficient (Wildman–Crippen LogP) is 5.03. The third-order valence-corrected chi connectivity index (χ3v) is 4.74. The number of benzene rings is 3. The van der Waals surface area contributed by atoms with Crippen LogP contribution in [-0.4, -0.2) is 11.0 Å². The van der Waals surface area contributed by atoms with Crippen molar-refractivity contribution in [3.63, 3.8) is 0 Å².